The molecule has 1 aromatic carbocycles. The Hall–Kier alpha value is -1.84. The van der Waals surface area contributed by atoms with Crippen LogP contribution in [0, 0.1) is 0 Å². The zero-order valence-corrected chi connectivity index (χ0v) is 10.4. The Kier molecular flexibility index (Phi) is 3.13. The Morgan fingerprint density at radius 2 is 1.88 bits per heavy atom. The zero-order valence-electron chi connectivity index (χ0n) is 10.4. The fraction of sp³-hybridized carbons (Fsp3) is 0.385. The maximum absolute atomic E-state index is 12.0. The van der Waals surface area contributed by atoms with E-state index in [1.165, 1.54) is 0 Å². The molecule has 0 fully saturated rings. The van der Waals surface area contributed by atoms with Crippen molar-refractivity contribution in [2.45, 2.75) is 33.2 Å². The van der Waals surface area contributed by atoms with Crippen molar-refractivity contribution in [3.63, 3.8) is 0 Å². The molecule has 0 spiro atoms. The Balaban J connectivity index is 2.69. The molecule has 0 radical (unpaired) electrons. The predicted octanol–water partition coefficient (Wildman–Crippen LogP) is 2.18. The van der Waals surface area contributed by atoms with Crippen LogP contribution in [0.3, 0.4) is 0 Å². The van der Waals surface area contributed by atoms with Gasteiger partial charge in [0, 0.05) is 12.5 Å². The first-order chi connectivity index (χ1) is 8.15. The highest BCUT2D eigenvalue weighted by Crippen LogP contribution is 2.12. The van der Waals surface area contributed by atoms with Gasteiger partial charge in [-0.3, -0.25) is 4.68 Å². The summed E-state index contributed by atoms with van der Waals surface area (Å²) in [6.07, 6.45) is 0.757. The number of rotatable bonds is 3. The van der Waals surface area contributed by atoms with Gasteiger partial charge in [0.15, 0.2) is 0 Å². The van der Waals surface area contributed by atoms with Crippen molar-refractivity contribution in [1.82, 2.24) is 14.3 Å². The predicted molar refractivity (Wildman–Crippen MR) is 67.6 cm³/mol. The number of aryl methyl sites for hydroxylation is 1. The molecule has 2 rings (SSSR count). The van der Waals surface area contributed by atoms with Gasteiger partial charge in [-0.2, -0.15) is 9.67 Å². The minimum atomic E-state index is -0.207. The van der Waals surface area contributed by atoms with E-state index in [1.807, 2.05) is 41.9 Å². The summed E-state index contributed by atoms with van der Waals surface area (Å²) in [6.45, 7) is 6.12. The minimum absolute atomic E-state index is 0.207. The molecule has 0 aliphatic rings. The van der Waals surface area contributed by atoms with Crippen molar-refractivity contribution in [1.29, 1.82) is 0 Å². The van der Waals surface area contributed by atoms with Crippen molar-refractivity contribution in [3.8, 4) is 5.69 Å². The molecule has 4 heteroatoms. The Morgan fingerprint density at radius 3 is 2.41 bits per heavy atom. The van der Waals surface area contributed by atoms with Gasteiger partial charge in [0.1, 0.15) is 5.82 Å². The van der Waals surface area contributed by atoms with Crippen LogP contribution in [-0.2, 0) is 6.42 Å². The largest absolute Gasteiger partial charge is 0.368 e. The van der Waals surface area contributed by atoms with E-state index in [0.29, 0.717) is 0 Å². The second-order valence-corrected chi connectivity index (χ2v) is 4.25. The number of nitrogens with zero attached hydrogens (tertiary/aromatic N) is 3. The number of hydrogen-bond acceptors (Lipinski definition) is 2. The van der Waals surface area contributed by atoms with E-state index in [-0.39, 0.29) is 11.7 Å². The summed E-state index contributed by atoms with van der Waals surface area (Å²) in [5.74, 6) is 0.828. The molecule has 0 N–H and O–H groups in total. The van der Waals surface area contributed by atoms with Crippen molar-refractivity contribution in [2.75, 3.05) is 0 Å². The first-order valence-corrected chi connectivity index (χ1v) is 5.91. The smallest absolute Gasteiger partial charge is 0.260 e. The molecule has 0 aliphatic carbocycles. The van der Waals surface area contributed by atoms with E-state index in [9.17, 15) is 4.79 Å². The topological polar surface area (TPSA) is 39.8 Å². The molecule has 0 saturated carbocycles. The third kappa shape index (κ3) is 2.02. The molecule has 1 aromatic heterocycles. The lowest BCUT2D eigenvalue weighted by Gasteiger charge is -2.16. The molecule has 0 bridgehead atoms. The van der Waals surface area contributed by atoms with Crippen LogP contribution in [0.1, 0.15) is 32.6 Å². The van der Waals surface area contributed by atoms with E-state index in [0.717, 1.165) is 17.9 Å². The first kappa shape index (κ1) is 11.6. The number of aromatic nitrogens is 3. The highest BCUT2D eigenvalue weighted by atomic mass is 16.2. The van der Waals surface area contributed by atoms with Crippen LogP contribution in [0.4, 0.5) is 0 Å². The maximum Gasteiger partial charge on any atom is 0.368 e. The molecule has 0 amide bonds. The molecule has 17 heavy (non-hydrogen) atoms. The fourth-order valence-corrected chi connectivity index (χ4v) is 1.99. The third-order valence-electron chi connectivity index (χ3n) is 2.69. The number of hydrogen-bond donors (Lipinski definition) is 0. The summed E-state index contributed by atoms with van der Waals surface area (Å²) in [4.78, 5) is 16.1. The van der Waals surface area contributed by atoms with Crippen LogP contribution in [-0.4, -0.2) is 14.3 Å². The lowest BCUT2D eigenvalue weighted by Crippen LogP contribution is -2.23. The monoisotopic (exact) mass is 231 g/mol. The summed E-state index contributed by atoms with van der Waals surface area (Å²) >= 11 is 0. The Morgan fingerprint density at radius 1 is 1.24 bits per heavy atom. The summed E-state index contributed by atoms with van der Waals surface area (Å²) in [5, 5.41) is 0. The highest BCUT2D eigenvalue weighted by Gasteiger charge is 2.15. The average Bonchev–Trinajstić information content (AvgIpc) is 2.67. The van der Waals surface area contributed by atoms with Crippen LogP contribution < -0.4 is 5.69 Å². The average molecular weight is 231 g/mol. The van der Waals surface area contributed by atoms with Crippen LogP contribution in [0.15, 0.2) is 35.1 Å². The van der Waals surface area contributed by atoms with E-state index < -0.39 is 0 Å². The van der Waals surface area contributed by atoms with Crippen molar-refractivity contribution < 1.29 is 0 Å². The molecule has 0 atom stereocenters. The van der Waals surface area contributed by atoms with E-state index in [2.05, 4.69) is 18.8 Å². The van der Waals surface area contributed by atoms with Gasteiger partial charge in [-0.1, -0.05) is 25.1 Å². The molecule has 2 aromatic rings. The second-order valence-electron chi connectivity index (χ2n) is 4.25. The van der Waals surface area contributed by atoms with Crippen LogP contribution in [0.25, 0.3) is 5.69 Å². The molecular formula is C13H17N3O. The van der Waals surface area contributed by atoms with Gasteiger partial charge in [-0.15, -0.1) is 0 Å². The second kappa shape index (κ2) is 4.57. The standard InChI is InChI=1S/C13H17N3O/c1-4-12-14-13(17)16(15(12)10(2)3)11-8-6-5-7-9-11/h5-10H,4H2,1-3H3. The summed E-state index contributed by atoms with van der Waals surface area (Å²) in [6, 6.07) is 9.82. The van der Waals surface area contributed by atoms with Gasteiger partial charge < -0.3 is 0 Å². The van der Waals surface area contributed by atoms with Crippen molar-refractivity contribution >= 4 is 0 Å². The molecule has 4 nitrogen and oxygen atoms in total. The van der Waals surface area contributed by atoms with Crippen LogP contribution in [0.5, 0.6) is 0 Å². The highest BCUT2D eigenvalue weighted by molar-refractivity contribution is 5.30. The van der Waals surface area contributed by atoms with E-state index >= 15 is 0 Å². The Labute approximate surface area is 101 Å². The maximum atomic E-state index is 12.0. The lowest BCUT2D eigenvalue weighted by atomic mass is 10.3. The summed E-state index contributed by atoms with van der Waals surface area (Å²) < 4.78 is 3.60. The van der Waals surface area contributed by atoms with Crippen molar-refractivity contribution in [3.05, 3.63) is 46.6 Å². The first-order valence-electron chi connectivity index (χ1n) is 5.91. The molecular weight excluding hydrogens is 214 g/mol. The third-order valence-corrected chi connectivity index (χ3v) is 2.69. The van der Waals surface area contributed by atoms with Crippen LogP contribution >= 0.6 is 0 Å². The fourth-order valence-electron chi connectivity index (χ4n) is 1.99. The zero-order chi connectivity index (χ0) is 12.4. The van der Waals surface area contributed by atoms with Gasteiger partial charge in [-0.25, -0.2) is 4.79 Å². The molecule has 0 aliphatic heterocycles. The summed E-state index contributed by atoms with van der Waals surface area (Å²) in [5.41, 5.74) is 0.653. The molecule has 0 unspecified atom stereocenters. The van der Waals surface area contributed by atoms with Crippen LogP contribution in [0.2, 0.25) is 0 Å². The summed E-state index contributed by atoms with van der Waals surface area (Å²) in [7, 11) is 0. The van der Waals surface area contributed by atoms with E-state index in [4.69, 9.17) is 0 Å². The minimum Gasteiger partial charge on any atom is -0.260 e. The Bertz CT molecular complexity index is 552. The lowest BCUT2D eigenvalue weighted by molar-refractivity contribution is 0.459. The van der Waals surface area contributed by atoms with E-state index in [1.54, 1.807) is 4.68 Å². The number of para-hydroxylation sites is 1. The molecule has 0 saturated heterocycles. The molecule has 1 heterocycles. The normalized spacial score (nSPS) is 11.1. The van der Waals surface area contributed by atoms with Gasteiger partial charge in [0.05, 0.1) is 5.69 Å². The van der Waals surface area contributed by atoms with Crippen molar-refractivity contribution in [2.24, 2.45) is 0 Å². The quantitative estimate of drug-likeness (QED) is 0.812. The van der Waals surface area contributed by atoms with Gasteiger partial charge in [-0.05, 0) is 26.0 Å². The molecule has 90 valence electrons. The number of benzene rings is 1. The SMILES string of the molecule is CCc1nc(=O)n(-c2ccccc2)n1C(C)C. The van der Waals surface area contributed by atoms with Gasteiger partial charge in [0.25, 0.3) is 0 Å². The van der Waals surface area contributed by atoms with Gasteiger partial charge in [0.2, 0.25) is 0 Å². The van der Waals surface area contributed by atoms with Gasteiger partial charge >= 0.3 is 5.69 Å².